The summed E-state index contributed by atoms with van der Waals surface area (Å²) in [5.41, 5.74) is 38.8. The number of hydrogen-bond acceptors (Lipinski definition) is 21. The lowest BCUT2D eigenvalue weighted by Gasteiger charge is -2.47. The molecule has 4 heterocycles. The Morgan fingerprint density at radius 3 is 1.79 bits per heavy atom. The van der Waals surface area contributed by atoms with Crippen molar-refractivity contribution >= 4 is 11.6 Å². The maximum atomic E-state index is 11.8. The molecule has 0 unspecified atom stereocenters. The number of hydrogen-bond donors (Lipinski definition) is 12. The molecule has 4 fully saturated rings. The van der Waals surface area contributed by atoms with E-state index in [1.54, 1.807) is 18.3 Å². The first-order valence-corrected chi connectivity index (χ1v) is 19.1. The minimum atomic E-state index is -1.62. The second-order valence-electron chi connectivity index (χ2n) is 15.2. The van der Waals surface area contributed by atoms with Crippen molar-refractivity contribution in [2.75, 3.05) is 13.1 Å². The Kier molecular flexibility index (Phi) is 14.4. The molecule has 18 N–H and O–H groups in total. The van der Waals surface area contributed by atoms with E-state index < -0.39 is 116 Å². The van der Waals surface area contributed by atoms with E-state index in [0.717, 1.165) is 11.1 Å². The summed E-state index contributed by atoms with van der Waals surface area (Å²) in [6.07, 6.45) is -18.4. The standard InChI is InChI=1S/C34H56ClN9O13/c1-11-3-14(4-12(2)20(11)35)51-10-13-8-44(43-42-13)9-19-30(56-33-22(41)27(49)25(47)18(7-37)53-33)28(50)34(54-19)57-31-23(45)15(38)5-16(39)29(31)55-32-21(40)26(48)24(46)17(6-36)52-32/h3-4,8,15-19,21-34,45-50H,5-7,9-10,36-41H2,1-2H3/t15-,16+,17-,18+,19-,21-,22-,23+,24-,25-,26-,27-,28-,29-,30-,31-,32-,33-,34+/m1/s1. The summed E-state index contributed by atoms with van der Waals surface area (Å²) >= 11 is 6.29. The van der Waals surface area contributed by atoms with Gasteiger partial charge in [-0.05, 0) is 43.5 Å². The molecule has 2 aromatic rings. The van der Waals surface area contributed by atoms with Gasteiger partial charge >= 0.3 is 0 Å². The minimum absolute atomic E-state index is 0.0592. The molecule has 3 saturated heterocycles. The molecule has 57 heavy (non-hydrogen) atoms. The molecule has 6 rings (SSSR count). The van der Waals surface area contributed by atoms with Crippen LogP contribution >= 0.6 is 11.6 Å². The van der Waals surface area contributed by atoms with Gasteiger partial charge in [0, 0.05) is 30.2 Å². The van der Waals surface area contributed by atoms with Gasteiger partial charge in [0.05, 0.1) is 30.9 Å². The molecule has 4 aliphatic rings. The Bertz CT molecular complexity index is 1610. The number of aliphatic hydroxyl groups is 6. The number of ether oxygens (including phenoxy) is 7. The van der Waals surface area contributed by atoms with Crippen LogP contribution in [0, 0.1) is 13.8 Å². The molecule has 322 valence electrons. The van der Waals surface area contributed by atoms with Crippen LogP contribution in [0.4, 0.5) is 0 Å². The summed E-state index contributed by atoms with van der Waals surface area (Å²) in [7, 11) is 0. The monoisotopic (exact) mass is 833 g/mol. The van der Waals surface area contributed by atoms with Gasteiger partial charge in [-0.3, -0.25) is 0 Å². The van der Waals surface area contributed by atoms with Crippen molar-refractivity contribution < 1.29 is 63.8 Å². The van der Waals surface area contributed by atoms with Gasteiger partial charge in [0.25, 0.3) is 0 Å². The maximum absolute atomic E-state index is 11.8. The van der Waals surface area contributed by atoms with Crippen LogP contribution in [0.2, 0.25) is 5.02 Å². The SMILES string of the molecule is Cc1cc(OCc2cn(C[C@H]3O[C@@H](O[C@@H]4[C@@H](O)[C@H](N)C[C@H](N)[C@H]4O[C@H]4O[C@H](CN)[C@@H](O)[C@H](O)[C@H]4N)[C@H](O)[C@@H]3O[C@H]3O[C@@H](CN)[C@@H](O)[C@H](O)[C@H]3N)nn2)cc(C)c1Cl. The molecule has 0 spiro atoms. The van der Waals surface area contributed by atoms with Crippen molar-refractivity contribution in [1.29, 1.82) is 0 Å². The highest BCUT2D eigenvalue weighted by molar-refractivity contribution is 6.32. The Balaban J connectivity index is 1.22. The van der Waals surface area contributed by atoms with Gasteiger partial charge in [-0.15, -0.1) is 5.10 Å². The van der Waals surface area contributed by atoms with Crippen LogP contribution in [0.15, 0.2) is 18.3 Å². The Morgan fingerprint density at radius 1 is 0.702 bits per heavy atom. The average Bonchev–Trinajstić information content (AvgIpc) is 3.75. The summed E-state index contributed by atoms with van der Waals surface area (Å²) in [5, 5.41) is 74.2. The van der Waals surface area contributed by atoms with E-state index in [1.165, 1.54) is 4.68 Å². The predicted octanol–water partition coefficient (Wildman–Crippen LogP) is -5.75. The molecule has 1 aliphatic carbocycles. The summed E-state index contributed by atoms with van der Waals surface area (Å²) in [4.78, 5) is 0. The van der Waals surface area contributed by atoms with Gasteiger partial charge in [-0.1, -0.05) is 16.8 Å². The van der Waals surface area contributed by atoms with E-state index in [4.69, 9.17) is 79.2 Å². The Labute approximate surface area is 333 Å². The summed E-state index contributed by atoms with van der Waals surface area (Å²) < 4.78 is 43.7. The summed E-state index contributed by atoms with van der Waals surface area (Å²) in [6.45, 7) is 3.37. The van der Waals surface area contributed by atoms with E-state index in [2.05, 4.69) is 10.3 Å². The smallest absolute Gasteiger partial charge is 0.187 e. The normalized spacial score (nSPS) is 42.7. The lowest BCUT2D eigenvalue weighted by atomic mass is 9.84. The molecular weight excluding hydrogens is 778 g/mol. The fourth-order valence-corrected chi connectivity index (χ4v) is 7.68. The first-order valence-electron chi connectivity index (χ1n) is 18.7. The third-order valence-corrected chi connectivity index (χ3v) is 11.5. The molecule has 23 heteroatoms. The molecule has 19 atom stereocenters. The van der Waals surface area contributed by atoms with E-state index in [0.29, 0.717) is 16.5 Å². The molecule has 0 amide bonds. The molecule has 1 aromatic carbocycles. The molecule has 1 aromatic heterocycles. The van der Waals surface area contributed by atoms with E-state index >= 15 is 0 Å². The highest BCUT2D eigenvalue weighted by atomic mass is 35.5. The number of aromatic nitrogens is 3. The van der Waals surface area contributed by atoms with Crippen molar-refractivity contribution in [3.63, 3.8) is 0 Å². The number of halogens is 1. The van der Waals surface area contributed by atoms with E-state index in [9.17, 15) is 30.6 Å². The van der Waals surface area contributed by atoms with Gasteiger partial charge in [0.15, 0.2) is 18.9 Å². The molecule has 3 aliphatic heterocycles. The molecule has 22 nitrogen and oxygen atoms in total. The molecule has 0 radical (unpaired) electrons. The van der Waals surface area contributed by atoms with Gasteiger partial charge in [-0.25, -0.2) is 4.68 Å². The van der Waals surface area contributed by atoms with Crippen LogP contribution in [-0.2, 0) is 41.6 Å². The number of aliphatic hydroxyl groups excluding tert-OH is 6. The molecule has 1 saturated carbocycles. The van der Waals surface area contributed by atoms with E-state index in [-0.39, 0.29) is 32.7 Å². The van der Waals surface area contributed by atoms with Crippen LogP contribution in [-0.4, -0.2) is 175 Å². The Hall–Kier alpha value is -2.27. The summed E-state index contributed by atoms with van der Waals surface area (Å²) in [5.74, 6) is 0.586. The van der Waals surface area contributed by atoms with Crippen LogP contribution in [0.5, 0.6) is 5.75 Å². The van der Waals surface area contributed by atoms with Gasteiger partial charge in [0.1, 0.15) is 85.2 Å². The van der Waals surface area contributed by atoms with Gasteiger partial charge in [-0.2, -0.15) is 0 Å². The number of nitrogens with two attached hydrogens (primary N) is 6. The highest BCUT2D eigenvalue weighted by Gasteiger charge is 2.54. The van der Waals surface area contributed by atoms with Crippen LogP contribution < -0.4 is 39.1 Å². The quantitative estimate of drug-likeness (QED) is 0.0894. The zero-order valence-electron chi connectivity index (χ0n) is 31.5. The maximum Gasteiger partial charge on any atom is 0.187 e. The topological polar surface area (TPSA) is 373 Å². The highest BCUT2D eigenvalue weighted by Crippen LogP contribution is 2.35. The fraction of sp³-hybridized carbons (Fsp3) is 0.765. The summed E-state index contributed by atoms with van der Waals surface area (Å²) in [6, 6.07) is -0.690. The number of nitrogens with zero attached hydrogens (tertiary/aromatic N) is 3. The minimum Gasteiger partial charge on any atom is -0.487 e. The van der Waals surface area contributed by atoms with Crippen LogP contribution in [0.25, 0.3) is 0 Å². The van der Waals surface area contributed by atoms with Crippen LogP contribution in [0.1, 0.15) is 23.2 Å². The lowest BCUT2D eigenvalue weighted by molar-refractivity contribution is -0.306. The zero-order chi connectivity index (χ0) is 41.5. The Morgan fingerprint density at radius 2 is 1.23 bits per heavy atom. The van der Waals surface area contributed by atoms with Crippen molar-refractivity contribution in [2.24, 2.45) is 34.4 Å². The number of rotatable bonds is 13. The van der Waals surface area contributed by atoms with Gasteiger partial charge < -0.3 is 98.2 Å². The molecule has 0 bridgehead atoms. The zero-order valence-corrected chi connectivity index (χ0v) is 32.2. The third-order valence-electron chi connectivity index (χ3n) is 10.9. The first kappa shape index (κ1) is 44.3. The fourth-order valence-electron chi connectivity index (χ4n) is 7.57. The van der Waals surface area contributed by atoms with E-state index in [1.807, 2.05) is 13.8 Å². The van der Waals surface area contributed by atoms with Crippen molar-refractivity contribution in [3.8, 4) is 5.75 Å². The van der Waals surface area contributed by atoms with Crippen molar-refractivity contribution in [1.82, 2.24) is 15.0 Å². The second-order valence-corrected chi connectivity index (χ2v) is 15.5. The second kappa shape index (κ2) is 18.6. The average molecular weight is 834 g/mol. The van der Waals surface area contributed by atoms with Crippen molar-refractivity contribution in [3.05, 3.63) is 40.2 Å². The number of benzene rings is 1. The number of aryl methyl sites for hydroxylation is 2. The van der Waals surface area contributed by atoms with Crippen molar-refractivity contribution in [2.45, 2.75) is 150 Å². The predicted molar refractivity (Wildman–Crippen MR) is 197 cm³/mol. The lowest BCUT2D eigenvalue weighted by Crippen LogP contribution is -2.68. The van der Waals surface area contributed by atoms with Gasteiger partial charge in [0.2, 0.25) is 0 Å². The largest absolute Gasteiger partial charge is 0.487 e. The first-order chi connectivity index (χ1) is 27.0. The van der Waals surface area contributed by atoms with Crippen LogP contribution in [0.3, 0.4) is 0 Å². The third kappa shape index (κ3) is 9.39. The molecular formula is C34H56ClN9O13.